The Morgan fingerprint density at radius 2 is 2.16 bits per heavy atom. The van der Waals surface area contributed by atoms with Gasteiger partial charge < -0.3 is 10.6 Å². The number of benzene rings is 1. The van der Waals surface area contributed by atoms with Crippen LogP contribution in [-0.2, 0) is 4.79 Å². The van der Waals surface area contributed by atoms with Crippen LogP contribution in [0.25, 0.3) is 0 Å². The average molecular weight is 346 g/mol. The van der Waals surface area contributed by atoms with Crippen LogP contribution in [0.2, 0.25) is 5.02 Å². The molecule has 1 unspecified atom stereocenters. The first-order valence-electron chi connectivity index (χ1n) is 6.03. The van der Waals surface area contributed by atoms with Crippen LogP contribution in [0.3, 0.4) is 0 Å². The second-order valence-electron chi connectivity index (χ2n) is 4.59. The van der Waals surface area contributed by atoms with Crippen molar-refractivity contribution in [3.63, 3.8) is 0 Å². The topological polar surface area (TPSA) is 63.4 Å². The summed E-state index contributed by atoms with van der Waals surface area (Å²) in [6, 6.07) is 5.23. The molecule has 0 saturated carbocycles. The summed E-state index contributed by atoms with van der Waals surface area (Å²) < 4.78 is 0.684. The molecular formula is C13H14BrClN2O2. The van der Waals surface area contributed by atoms with Gasteiger partial charge in [-0.15, -0.1) is 0 Å². The predicted molar refractivity (Wildman–Crippen MR) is 77.0 cm³/mol. The number of halogens is 2. The molecule has 1 aromatic rings. The van der Waals surface area contributed by atoms with Crippen LogP contribution in [0.5, 0.6) is 0 Å². The fraction of sp³-hybridized carbons (Fsp3) is 0.385. The van der Waals surface area contributed by atoms with Gasteiger partial charge in [-0.2, -0.15) is 0 Å². The highest BCUT2D eigenvalue weighted by atomic mass is 79.9. The molecule has 1 aromatic carbocycles. The molecule has 0 spiro atoms. The molecule has 0 aliphatic carbocycles. The van der Waals surface area contributed by atoms with E-state index in [1.165, 1.54) is 0 Å². The maximum absolute atomic E-state index is 12.4. The second kappa shape index (κ2) is 5.92. The Balaban J connectivity index is 2.19. The fourth-order valence-electron chi connectivity index (χ4n) is 2.23. The van der Waals surface area contributed by atoms with Crippen LogP contribution >= 0.6 is 27.5 Å². The molecule has 2 rings (SSSR count). The number of amides is 2. The van der Waals surface area contributed by atoms with Gasteiger partial charge in [0.1, 0.15) is 0 Å². The van der Waals surface area contributed by atoms with Gasteiger partial charge in [-0.25, -0.2) is 0 Å². The van der Waals surface area contributed by atoms with Gasteiger partial charge in [-0.05, 0) is 40.9 Å². The molecule has 1 heterocycles. The van der Waals surface area contributed by atoms with Crippen molar-refractivity contribution in [1.29, 1.82) is 0 Å². The van der Waals surface area contributed by atoms with Gasteiger partial charge in [0, 0.05) is 17.6 Å². The molecule has 2 N–H and O–H groups in total. The lowest BCUT2D eigenvalue weighted by atomic mass is 9.97. The molecule has 1 aliphatic rings. The summed E-state index contributed by atoms with van der Waals surface area (Å²) in [6.45, 7) is 1.00. The normalized spacial score (nSPS) is 19.3. The van der Waals surface area contributed by atoms with Crippen molar-refractivity contribution in [2.45, 2.75) is 12.8 Å². The minimum atomic E-state index is -0.349. The van der Waals surface area contributed by atoms with Gasteiger partial charge in [0.25, 0.3) is 5.91 Å². The number of nitrogens with zero attached hydrogens (tertiary/aromatic N) is 1. The molecule has 6 heteroatoms. The number of hydrogen-bond donors (Lipinski definition) is 1. The summed E-state index contributed by atoms with van der Waals surface area (Å²) in [7, 11) is 0. The van der Waals surface area contributed by atoms with Crippen molar-refractivity contribution in [2.75, 3.05) is 13.1 Å². The number of hydrogen-bond acceptors (Lipinski definition) is 2. The van der Waals surface area contributed by atoms with E-state index in [4.69, 9.17) is 17.3 Å². The van der Waals surface area contributed by atoms with E-state index in [9.17, 15) is 9.59 Å². The monoisotopic (exact) mass is 344 g/mol. The third kappa shape index (κ3) is 3.09. The van der Waals surface area contributed by atoms with Crippen molar-refractivity contribution < 1.29 is 9.59 Å². The number of nitrogens with two attached hydrogens (primary N) is 1. The molecule has 1 fully saturated rings. The molecule has 4 nitrogen and oxygen atoms in total. The standard InChI is InChI=1S/C13H14BrClN2O2/c14-10-5-1-4-9(11(10)15)13(19)17-6-2-3-8(7-17)12(16)18/h1,4-5,8H,2-3,6-7H2,(H2,16,18). The maximum Gasteiger partial charge on any atom is 0.255 e. The molecule has 102 valence electrons. The van der Waals surface area contributed by atoms with E-state index in [1.54, 1.807) is 23.1 Å². The third-order valence-corrected chi connectivity index (χ3v) is 4.59. The lowest BCUT2D eigenvalue weighted by Gasteiger charge is -2.31. The number of primary amides is 1. The molecule has 1 saturated heterocycles. The van der Waals surface area contributed by atoms with Crippen LogP contribution in [-0.4, -0.2) is 29.8 Å². The molecule has 2 amide bonds. The first kappa shape index (κ1) is 14.3. The quantitative estimate of drug-likeness (QED) is 0.895. The summed E-state index contributed by atoms with van der Waals surface area (Å²) in [5.41, 5.74) is 5.76. The Hall–Kier alpha value is -1.07. The zero-order valence-electron chi connectivity index (χ0n) is 10.2. The summed E-state index contributed by atoms with van der Waals surface area (Å²) in [5.74, 6) is -0.765. The zero-order valence-corrected chi connectivity index (χ0v) is 12.6. The second-order valence-corrected chi connectivity index (χ2v) is 5.83. The van der Waals surface area contributed by atoms with E-state index >= 15 is 0 Å². The fourth-order valence-corrected chi connectivity index (χ4v) is 2.81. The summed E-state index contributed by atoms with van der Waals surface area (Å²) in [6.07, 6.45) is 1.52. The molecule has 0 radical (unpaired) electrons. The van der Waals surface area contributed by atoms with E-state index in [0.29, 0.717) is 28.1 Å². The highest BCUT2D eigenvalue weighted by Crippen LogP contribution is 2.28. The minimum absolute atomic E-state index is 0.155. The number of rotatable bonds is 2. The minimum Gasteiger partial charge on any atom is -0.369 e. The van der Waals surface area contributed by atoms with Gasteiger partial charge in [-0.3, -0.25) is 9.59 Å². The van der Waals surface area contributed by atoms with E-state index in [-0.39, 0.29) is 17.7 Å². The van der Waals surface area contributed by atoms with Gasteiger partial charge in [0.05, 0.1) is 16.5 Å². The predicted octanol–water partition coefficient (Wildman–Crippen LogP) is 2.44. The number of carbonyl (C=O) groups excluding carboxylic acids is 2. The number of carbonyl (C=O) groups is 2. The summed E-state index contributed by atoms with van der Waals surface area (Å²) >= 11 is 9.42. The number of piperidine rings is 1. The van der Waals surface area contributed by atoms with Crippen LogP contribution < -0.4 is 5.73 Å². The summed E-state index contributed by atoms with van der Waals surface area (Å²) in [4.78, 5) is 25.3. The molecule has 1 atom stereocenters. The summed E-state index contributed by atoms with van der Waals surface area (Å²) in [5, 5.41) is 0.397. The van der Waals surface area contributed by atoms with Crippen molar-refractivity contribution >= 4 is 39.3 Å². The van der Waals surface area contributed by atoms with Crippen molar-refractivity contribution in [2.24, 2.45) is 11.7 Å². The number of likely N-dealkylation sites (tertiary alicyclic amines) is 1. The highest BCUT2D eigenvalue weighted by Gasteiger charge is 2.28. The van der Waals surface area contributed by atoms with E-state index < -0.39 is 0 Å². The van der Waals surface area contributed by atoms with Crippen molar-refractivity contribution in [3.05, 3.63) is 33.3 Å². The molecule has 0 bridgehead atoms. The van der Waals surface area contributed by atoms with Gasteiger partial charge in [0.2, 0.25) is 5.91 Å². The van der Waals surface area contributed by atoms with Crippen LogP contribution in [0.4, 0.5) is 0 Å². The first-order valence-corrected chi connectivity index (χ1v) is 7.20. The van der Waals surface area contributed by atoms with Crippen molar-refractivity contribution in [3.8, 4) is 0 Å². The van der Waals surface area contributed by atoms with Crippen molar-refractivity contribution in [1.82, 2.24) is 4.90 Å². The van der Waals surface area contributed by atoms with Gasteiger partial charge in [0.15, 0.2) is 0 Å². The van der Waals surface area contributed by atoms with Crippen LogP contribution in [0.15, 0.2) is 22.7 Å². The van der Waals surface area contributed by atoms with Crippen LogP contribution in [0.1, 0.15) is 23.2 Å². The molecule has 1 aliphatic heterocycles. The first-order chi connectivity index (χ1) is 9.00. The zero-order chi connectivity index (χ0) is 14.0. The smallest absolute Gasteiger partial charge is 0.255 e. The Morgan fingerprint density at radius 3 is 2.84 bits per heavy atom. The lowest BCUT2D eigenvalue weighted by Crippen LogP contribution is -2.44. The molecular weight excluding hydrogens is 332 g/mol. The Morgan fingerprint density at radius 1 is 1.42 bits per heavy atom. The Kier molecular flexibility index (Phi) is 4.47. The molecule has 0 aromatic heterocycles. The SMILES string of the molecule is NC(=O)C1CCCN(C(=O)c2cccc(Br)c2Cl)C1. The molecule has 19 heavy (non-hydrogen) atoms. The lowest BCUT2D eigenvalue weighted by molar-refractivity contribution is -0.123. The van der Waals surface area contributed by atoms with E-state index in [2.05, 4.69) is 15.9 Å². The maximum atomic E-state index is 12.4. The largest absolute Gasteiger partial charge is 0.369 e. The highest BCUT2D eigenvalue weighted by molar-refractivity contribution is 9.10. The Labute approximate surface area is 125 Å². The van der Waals surface area contributed by atoms with E-state index in [1.807, 2.05) is 0 Å². The Bertz CT molecular complexity index is 521. The average Bonchev–Trinajstić information content (AvgIpc) is 2.41. The van der Waals surface area contributed by atoms with Gasteiger partial charge >= 0.3 is 0 Å². The van der Waals surface area contributed by atoms with E-state index in [0.717, 1.165) is 12.8 Å². The van der Waals surface area contributed by atoms with Gasteiger partial charge in [-0.1, -0.05) is 17.7 Å². The van der Waals surface area contributed by atoms with Crippen LogP contribution in [0, 0.1) is 5.92 Å². The third-order valence-electron chi connectivity index (χ3n) is 3.29.